The normalized spacial score (nSPS) is 10.1. The number of ether oxygens (including phenoxy) is 1. The molecule has 0 saturated heterocycles. The molecule has 0 aliphatic heterocycles. The van der Waals surface area contributed by atoms with Gasteiger partial charge in [-0.2, -0.15) is 0 Å². The van der Waals surface area contributed by atoms with E-state index >= 15 is 0 Å². The SMILES string of the molecule is COc1ccccc1NC(=O)Cn1ccc(C(=O)O)c1. The molecule has 1 aromatic heterocycles. The molecule has 6 nitrogen and oxygen atoms in total. The first-order valence-electron chi connectivity index (χ1n) is 5.92. The molecule has 0 radical (unpaired) electrons. The largest absolute Gasteiger partial charge is 0.495 e. The summed E-state index contributed by atoms with van der Waals surface area (Å²) in [4.78, 5) is 22.6. The summed E-state index contributed by atoms with van der Waals surface area (Å²) < 4.78 is 6.64. The molecule has 2 rings (SSSR count). The van der Waals surface area contributed by atoms with Crippen LogP contribution in [0.2, 0.25) is 0 Å². The number of rotatable bonds is 5. The predicted octanol–water partition coefficient (Wildman–Crippen LogP) is 1.83. The highest BCUT2D eigenvalue weighted by Gasteiger charge is 2.09. The van der Waals surface area contributed by atoms with Crippen molar-refractivity contribution in [2.45, 2.75) is 6.54 Å². The fourth-order valence-electron chi connectivity index (χ4n) is 1.77. The minimum absolute atomic E-state index is 0.0331. The molecule has 0 saturated carbocycles. The van der Waals surface area contributed by atoms with Crippen LogP contribution < -0.4 is 10.1 Å². The highest BCUT2D eigenvalue weighted by molar-refractivity contribution is 5.92. The van der Waals surface area contributed by atoms with Crippen molar-refractivity contribution in [2.24, 2.45) is 0 Å². The van der Waals surface area contributed by atoms with E-state index < -0.39 is 5.97 Å². The molecular weight excluding hydrogens is 260 g/mol. The van der Waals surface area contributed by atoms with Gasteiger partial charge in [-0.3, -0.25) is 4.79 Å². The highest BCUT2D eigenvalue weighted by Crippen LogP contribution is 2.22. The van der Waals surface area contributed by atoms with Gasteiger partial charge in [-0.1, -0.05) is 12.1 Å². The molecule has 2 aromatic rings. The summed E-state index contributed by atoms with van der Waals surface area (Å²) in [7, 11) is 1.52. The number of hydrogen-bond donors (Lipinski definition) is 2. The van der Waals surface area contributed by atoms with Crippen LogP contribution in [0, 0.1) is 0 Å². The zero-order valence-electron chi connectivity index (χ0n) is 10.9. The molecule has 1 heterocycles. The topological polar surface area (TPSA) is 80.6 Å². The van der Waals surface area contributed by atoms with Crippen molar-refractivity contribution in [2.75, 3.05) is 12.4 Å². The van der Waals surface area contributed by atoms with Crippen molar-refractivity contribution in [1.82, 2.24) is 4.57 Å². The van der Waals surface area contributed by atoms with Crippen molar-refractivity contribution >= 4 is 17.6 Å². The number of methoxy groups -OCH3 is 1. The number of hydrogen-bond acceptors (Lipinski definition) is 3. The molecule has 104 valence electrons. The van der Waals surface area contributed by atoms with Gasteiger partial charge in [0.2, 0.25) is 5.91 Å². The van der Waals surface area contributed by atoms with Gasteiger partial charge in [0.1, 0.15) is 12.3 Å². The number of benzene rings is 1. The van der Waals surface area contributed by atoms with Crippen LogP contribution in [0.1, 0.15) is 10.4 Å². The maximum Gasteiger partial charge on any atom is 0.337 e. The molecule has 0 bridgehead atoms. The van der Waals surface area contributed by atoms with Gasteiger partial charge in [0.25, 0.3) is 0 Å². The van der Waals surface area contributed by atoms with Gasteiger partial charge in [-0.15, -0.1) is 0 Å². The second kappa shape index (κ2) is 5.92. The van der Waals surface area contributed by atoms with Gasteiger partial charge in [0.05, 0.1) is 18.4 Å². The zero-order valence-corrected chi connectivity index (χ0v) is 10.9. The van der Waals surface area contributed by atoms with Crippen LogP contribution in [0.4, 0.5) is 5.69 Å². The number of carboxylic acid groups (broad SMARTS) is 1. The Bertz CT molecular complexity index is 634. The van der Waals surface area contributed by atoms with Crippen molar-refractivity contribution in [3.63, 3.8) is 0 Å². The van der Waals surface area contributed by atoms with Gasteiger partial charge >= 0.3 is 5.97 Å². The minimum atomic E-state index is -1.02. The van der Waals surface area contributed by atoms with Gasteiger partial charge in [-0.05, 0) is 18.2 Å². The number of carbonyl (C=O) groups is 2. The summed E-state index contributed by atoms with van der Waals surface area (Å²) in [5, 5.41) is 11.5. The number of aromatic carboxylic acids is 1. The summed E-state index contributed by atoms with van der Waals surface area (Å²) in [5.41, 5.74) is 0.723. The summed E-state index contributed by atoms with van der Waals surface area (Å²) in [6.45, 7) is 0.0331. The summed E-state index contributed by atoms with van der Waals surface area (Å²) in [6.07, 6.45) is 2.95. The van der Waals surface area contributed by atoms with E-state index in [-0.39, 0.29) is 18.0 Å². The number of nitrogens with one attached hydrogen (secondary N) is 1. The van der Waals surface area contributed by atoms with Crippen LogP contribution in [0.5, 0.6) is 5.75 Å². The second-order valence-corrected chi connectivity index (χ2v) is 4.13. The highest BCUT2D eigenvalue weighted by atomic mass is 16.5. The smallest absolute Gasteiger partial charge is 0.337 e. The third kappa shape index (κ3) is 3.17. The van der Waals surface area contributed by atoms with E-state index in [1.54, 1.807) is 30.5 Å². The molecule has 1 aromatic carbocycles. The Kier molecular flexibility index (Phi) is 4.05. The van der Waals surface area contributed by atoms with Gasteiger partial charge in [0, 0.05) is 12.4 Å². The van der Waals surface area contributed by atoms with Crippen molar-refractivity contribution < 1.29 is 19.4 Å². The first-order valence-corrected chi connectivity index (χ1v) is 5.92. The maximum absolute atomic E-state index is 11.9. The molecule has 0 aliphatic carbocycles. The van der Waals surface area contributed by atoms with E-state index in [1.807, 2.05) is 0 Å². The number of nitrogens with zero attached hydrogens (tertiary/aromatic N) is 1. The van der Waals surface area contributed by atoms with Gasteiger partial charge in [-0.25, -0.2) is 4.79 Å². The number of para-hydroxylation sites is 2. The fraction of sp³-hybridized carbons (Fsp3) is 0.143. The molecule has 0 aliphatic rings. The van der Waals surface area contributed by atoms with E-state index in [9.17, 15) is 9.59 Å². The monoisotopic (exact) mass is 274 g/mol. The van der Waals surface area contributed by atoms with Crippen LogP contribution in [-0.4, -0.2) is 28.7 Å². The van der Waals surface area contributed by atoms with E-state index in [4.69, 9.17) is 9.84 Å². The molecule has 0 spiro atoms. The zero-order chi connectivity index (χ0) is 14.5. The lowest BCUT2D eigenvalue weighted by atomic mass is 10.3. The Morgan fingerprint density at radius 2 is 2.05 bits per heavy atom. The van der Waals surface area contributed by atoms with Crippen molar-refractivity contribution in [3.05, 3.63) is 48.3 Å². The molecule has 0 atom stereocenters. The number of anilines is 1. The number of carbonyl (C=O) groups excluding carboxylic acids is 1. The Hall–Kier alpha value is -2.76. The summed E-state index contributed by atoms with van der Waals surface area (Å²) >= 11 is 0. The molecular formula is C14H14N2O4. The number of amides is 1. The van der Waals surface area contributed by atoms with E-state index in [0.717, 1.165) is 0 Å². The van der Waals surface area contributed by atoms with E-state index in [1.165, 1.54) is 23.9 Å². The first kappa shape index (κ1) is 13.7. The van der Waals surface area contributed by atoms with Crippen LogP contribution in [0.15, 0.2) is 42.7 Å². The molecule has 6 heteroatoms. The Balaban J connectivity index is 2.03. The minimum Gasteiger partial charge on any atom is -0.495 e. The second-order valence-electron chi connectivity index (χ2n) is 4.13. The van der Waals surface area contributed by atoms with Crippen LogP contribution in [0.25, 0.3) is 0 Å². The van der Waals surface area contributed by atoms with Crippen LogP contribution in [-0.2, 0) is 11.3 Å². The lowest BCUT2D eigenvalue weighted by Crippen LogP contribution is -2.18. The molecule has 0 fully saturated rings. The first-order chi connectivity index (χ1) is 9.60. The predicted molar refractivity (Wildman–Crippen MR) is 73.0 cm³/mol. The van der Waals surface area contributed by atoms with Crippen LogP contribution in [0.3, 0.4) is 0 Å². The Morgan fingerprint density at radius 1 is 1.30 bits per heavy atom. The molecule has 20 heavy (non-hydrogen) atoms. The lowest BCUT2D eigenvalue weighted by Gasteiger charge is -2.10. The third-order valence-electron chi connectivity index (χ3n) is 2.70. The van der Waals surface area contributed by atoms with Crippen molar-refractivity contribution in [3.8, 4) is 5.75 Å². The summed E-state index contributed by atoms with van der Waals surface area (Å²) in [5.74, 6) is -0.712. The van der Waals surface area contributed by atoms with Crippen molar-refractivity contribution in [1.29, 1.82) is 0 Å². The average Bonchev–Trinajstić information content (AvgIpc) is 2.88. The fourth-order valence-corrected chi connectivity index (χ4v) is 1.77. The van der Waals surface area contributed by atoms with Gasteiger partial charge < -0.3 is 19.7 Å². The number of aromatic nitrogens is 1. The van der Waals surface area contributed by atoms with E-state index in [0.29, 0.717) is 11.4 Å². The standard InChI is InChI=1S/C14H14N2O4/c1-20-12-5-3-2-4-11(12)15-13(17)9-16-7-6-10(8-16)14(18)19/h2-8H,9H2,1H3,(H,15,17)(H,18,19). The average molecular weight is 274 g/mol. The quantitative estimate of drug-likeness (QED) is 0.871. The molecule has 2 N–H and O–H groups in total. The van der Waals surface area contributed by atoms with E-state index in [2.05, 4.69) is 5.32 Å². The molecule has 1 amide bonds. The third-order valence-corrected chi connectivity index (χ3v) is 2.70. The Labute approximate surface area is 115 Å². The Morgan fingerprint density at radius 3 is 2.70 bits per heavy atom. The van der Waals surface area contributed by atoms with Crippen LogP contribution >= 0.6 is 0 Å². The summed E-state index contributed by atoms with van der Waals surface area (Å²) in [6, 6.07) is 8.51. The van der Waals surface area contributed by atoms with Gasteiger partial charge in [0.15, 0.2) is 0 Å². The number of carboxylic acids is 1. The molecule has 0 unspecified atom stereocenters. The lowest BCUT2D eigenvalue weighted by molar-refractivity contribution is -0.116. The maximum atomic E-state index is 11.9.